The van der Waals surface area contributed by atoms with Gasteiger partial charge < -0.3 is 5.11 Å². The molecular weight excluding hydrogens is 202 g/mol. The van der Waals surface area contributed by atoms with Gasteiger partial charge in [-0.25, -0.2) is 4.79 Å². The van der Waals surface area contributed by atoms with E-state index in [-0.39, 0.29) is 0 Å². The first-order valence-corrected chi connectivity index (χ1v) is 4.68. The minimum absolute atomic E-state index is 0.833. The van der Waals surface area contributed by atoms with Crippen LogP contribution in [0.3, 0.4) is 0 Å². The Hall–Kier alpha value is -2.16. The number of carboxylic acid groups (broad SMARTS) is 1. The summed E-state index contributed by atoms with van der Waals surface area (Å²) in [6.45, 7) is 10.3. The number of allylic oxidation sites excluding steroid dienone is 1. The molecule has 0 fully saturated rings. The number of pyridine rings is 1. The summed E-state index contributed by atoms with van der Waals surface area (Å²) >= 11 is 0. The summed E-state index contributed by atoms with van der Waals surface area (Å²) in [6, 6.07) is 3.96. The lowest BCUT2D eigenvalue weighted by Crippen LogP contribution is -1.88. The molecule has 0 unspecified atom stereocenters. The lowest BCUT2D eigenvalue weighted by Gasteiger charge is -1.99. The second kappa shape index (κ2) is 8.17. The van der Waals surface area contributed by atoms with Gasteiger partial charge in [0.15, 0.2) is 0 Å². The number of carbonyl (C=O) groups is 1. The molecular formula is C13H15NO2. The molecule has 0 amide bonds. The van der Waals surface area contributed by atoms with Crippen LogP contribution in [0, 0.1) is 0 Å². The van der Waals surface area contributed by atoms with E-state index in [9.17, 15) is 4.79 Å². The summed E-state index contributed by atoms with van der Waals surface area (Å²) in [7, 11) is 0. The topological polar surface area (TPSA) is 50.2 Å². The van der Waals surface area contributed by atoms with Gasteiger partial charge in [-0.15, -0.1) is 6.58 Å². The Morgan fingerprint density at radius 2 is 2.06 bits per heavy atom. The molecule has 0 saturated carbocycles. The molecule has 1 rings (SSSR count). The van der Waals surface area contributed by atoms with Gasteiger partial charge in [0.2, 0.25) is 0 Å². The molecule has 1 aromatic heterocycles. The van der Waals surface area contributed by atoms with Crippen LogP contribution in [0.15, 0.2) is 50.2 Å². The maximum atomic E-state index is 9.25. The Labute approximate surface area is 95.5 Å². The van der Waals surface area contributed by atoms with Crippen LogP contribution < -0.4 is 0 Å². The highest BCUT2D eigenvalue weighted by Crippen LogP contribution is 2.07. The largest absolute Gasteiger partial charge is 0.478 e. The number of aromatic nitrogens is 1. The van der Waals surface area contributed by atoms with Crippen LogP contribution in [0.25, 0.3) is 6.08 Å². The molecule has 0 bridgehead atoms. The van der Waals surface area contributed by atoms with Gasteiger partial charge in [-0.3, -0.25) is 4.98 Å². The lowest BCUT2D eigenvalue weighted by molar-refractivity contribution is -0.131. The molecule has 1 aromatic rings. The lowest BCUT2D eigenvalue weighted by atomic mass is 10.1. The molecule has 0 aromatic carbocycles. The van der Waals surface area contributed by atoms with Gasteiger partial charge in [0.05, 0.1) is 5.69 Å². The average molecular weight is 217 g/mol. The number of hydrogen-bond donors (Lipinski definition) is 1. The molecule has 0 aliphatic heterocycles. The summed E-state index contributed by atoms with van der Waals surface area (Å²) in [5, 5.41) is 7.60. The highest BCUT2D eigenvalue weighted by Gasteiger charge is 1.94. The number of hydrogen-bond acceptors (Lipinski definition) is 2. The second-order valence-corrected chi connectivity index (χ2v) is 2.79. The Morgan fingerprint density at radius 3 is 2.50 bits per heavy atom. The van der Waals surface area contributed by atoms with Crippen molar-refractivity contribution in [3.63, 3.8) is 0 Å². The van der Waals surface area contributed by atoms with Crippen molar-refractivity contribution in [3.05, 3.63) is 61.5 Å². The highest BCUT2D eigenvalue weighted by atomic mass is 16.4. The molecule has 0 aliphatic rings. The molecule has 1 N–H and O–H groups in total. The molecule has 0 atom stereocenters. The Kier molecular flexibility index (Phi) is 7.07. The average Bonchev–Trinajstić information content (AvgIpc) is 2.31. The Balaban J connectivity index is 0.000000385. The molecule has 16 heavy (non-hydrogen) atoms. The van der Waals surface area contributed by atoms with Crippen LogP contribution in [0.2, 0.25) is 0 Å². The van der Waals surface area contributed by atoms with E-state index in [1.807, 2.05) is 18.2 Å². The first-order chi connectivity index (χ1) is 7.65. The first kappa shape index (κ1) is 13.8. The van der Waals surface area contributed by atoms with Crippen LogP contribution >= 0.6 is 0 Å². The third-order valence-corrected chi connectivity index (χ3v) is 1.66. The maximum Gasteiger partial charge on any atom is 0.327 e. The number of nitrogens with zero attached hydrogens (tertiary/aromatic N) is 1. The van der Waals surface area contributed by atoms with E-state index in [1.54, 1.807) is 12.3 Å². The Bertz CT molecular complexity index is 383. The summed E-state index contributed by atoms with van der Waals surface area (Å²) in [4.78, 5) is 13.4. The van der Waals surface area contributed by atoms with Crippen LogP contribution in [0.5, 0.6) is 0 Å². The number of aliphatic carboxylic acids is 1. The fourth-order valence-electron chi connectivity index (χ4n) is 0.963. The van der Waals surface area contributed by atoms with Crippen molar-refractivity contribution in [3.8, 4) is 0 Å². The Morgan fingerprint density at radius 1 is 1.44 bits per heavy atom. The van der Waals surface area contributed by atoms with Crippen molar-refractivity contribution in [2.45, 2.75) is 6.42 Å². The summed E-state index contributed by atoms with van der Waals surface area (Å²) in [6.07, 6.45) is 7.08. The highest BCUT2D eigenvalue weighted by molar-refractivity contribution is 5.78. The van der Waals surface area contributed by atoms with Crippen LogP contribution in [-0.2, 0) is 11.2 Å². The van der Waals surface area contributed by atoms with Crippen molar-refractivity contribution in [1.82, 2.24) is 4.98 Å². The van der Waals surface area contributed by atoms with Gasteiger partial charge >= 0.3 is 5.97 Å². The quantitative estimate of drug-likeness (QED) is 0.623. The predicted octanol–water partition coefficient (Wildman–Crippen LogP) is 2.71. The van der Waals surface area contributed by atoms with Crippen molar-refractivity contribution >= 4 is 12.0 Å². The van der Waals surface area contributed by atoms with Gasteiger partial charge in [-0.1, -0.05) is 25.3 Å². The molecule has 3 heteroatoms. The maximum absolute atomic E-state index is 9.25. The smallest absolute Gasteiger partial charge is 0.327 e. The van der Waals surface area contributed by atoms with E-state index in [0.717, 1.165) is 18.2 Å². The van der Waals surface area contributed by atoms with Crippen molar-refractivity contribution in [1.29, 1.82) is 0 Å². The SMILES string of the molecule is C=CC(=O)O.C=CCc1cccnc1C=C. The summed E-state index contributed by atoms with van der Waals surface area (Å²) in [5.74, 6) is -0.981. The second-order valence-electron chi connectivity index (χ2n) is 2.79. The zero-order valence-corrected chi connectivity index (χ0v) is 9.10. The molecule has 0 saturated heterocycles. The van der Waals surface area contributed by atoms with E-state index in [4.69, 9.17) is 5.11 Å². The van der Waals surface area contributed by atoms with Gasteiger partial charge in [0, 0.05) is 12.3 Å². The third-order valence-electron chi connectivity index (χ3n) is 1.66. The minimum Gasteiger partial charge on any atom is -0.478 e. The fraction of sp³-hybridized carbons (Fsp3) is 0.0769. The van der Waals surface area contributed by atoms with E-state index >= 15 is 0 Å². The molecule has 1 heterocycles. The van der Waals surface area contributed by atoms with E-state index in [0.29, 0.717) is 0 Å². The molecule has 0 spiro atoms. The summed E-state index contributed by atoms with van der Waals surface area (Å²) in [5.41, 5.74) is 2.13. The fourth-order valence-corrected chi connectivity index (χ4v) is 0.963. The van der Waals surface area contributed by atoms with Gasteiger partial charge in [0.1, 0.15) is 0 Å². The zero-order chi connectivity index (χ0) is 12.4. The van der Waals surface area contributed by atoms with Gasteiger partial charge in [-0.05, 0) is 24.1 Å². The molecule has 3 nitrogen and oxygen atoms in total. The minimum atomic E-state index is -0.981. The zero-order valence-electron chi connectivity index (χ0n) is 9.10. The van der Waals surface area contributed by atoms with Gasteiger partial charge in [0.25, 0.3) is 0 Å². The number of rotatable bonds is 4. The standard InChI is InChI=1S/C10H11N.C3H4O2/c1-3-6-9-7-5-8-11-10(9)4-2;1-2-3(4)5/h3-5,7-8H,1-2,6H2;2H,1H2,(H,4,5). The van der Waals surface area contributed by atoms with E-state index in [2.05, 4.69) is 24.7 Å². The summed E-state index contributed by atoms with van der Waals surface area (Å²) < 4.78 is 0. The van der Waals surface area contributed by atoms with E-state index < -0.39 is 5.97 Å². The predicted molar refractivity (Wildman–Crippen MR) is 66.1 cm³/mol. The third kappa shape index (κ3) is 5.54. The van der Waals surface area contributed by atoms with Crippen LogP contribution in [0.1, 0.15) is 11.3 Å². The van der Waals surface area contributed by atoms with Gasteiger partial charge in [-0.2, -0.15) is 0 Å². The molecule has 0 aliphatic carbocycles. The monoisotopic (exact) mass is 217 g/mol. The first-order valence-electron chi connectivity index (χ1n) is 4.68. The molecule has 84 valence electrons. The number of carboxylic acids is 1. The molecule has 0 radical (unpaired) electrons. The van der Waals surface area contributed by atoms with Crippen LogP contribution in [0.4, 0.5) is 0 Å². The van der Waals surface area contributed by atoms with Crippen molar-refractivity contribution < 1.29 is 9.90 Å². The van der Waals surface area contributed by atoms with Crippen LogP contribution in [-0.4, -0.2) is 16.1 Å². The normalized spacial score (nSPS) is 8.25. The van der Waals surface area contributed by atoms with Crippen molar-refractivity contribution in [2.75, 3.05) is 0 Å². The van der Waals surface area contributed by atoms with E-state index in [1.165, 1.54) is 5.56 Å². The van der Waals surface area contributed by atoms with Crippen molar-refractivity contribution in [2.24, 2.45) is 0 Å².